The topological polar surface area (TPSA) is 104 Å². The molecule has 0 saturated carbocycles. The number of nitro groups is 1. The number of fused-ring (bicyclic) bond motifs is 1. The third kappa shape index (κ3) is 7.69. The fourth-order valence-electron chi connectivity index (χ4n) is 3.95. The number of hydrogen-bond acceptors (Lipinski definition) is 7. The SMILES string of the molecule is C.C1CCOCC1.C=C/C(CNc1c([N+](=O)[O-])cnc2ccc(C(F)(F)C(=O)c3ccccc3)cc12)=C(\C)OC. The van der Waals surface area contributed by atoms with Gasteiger partial charge in [-0.1, -0.05) is 56.5 Å². The average Bonchev–Trinajstić information content (AvgIpc) is 2.97. The van der Waals surface area contributed by atoms with Crippen molar-refractivity contribution in [2.45, 2.75) is 39.5 Å². The molecule has 0 spiro atoms. The second-order valence-corrected chi connectivity index (χ2v) is 8.79. The van der Waals surface area contributed by atoms with E-state index in [4.69, 9.17) is 9.47 Å². The third-order valence-electron chi connectivity index (χ3n) is 6.27. The molecule has 10 heteroatoms. The molecule has 1 aliphatic heterocycles. The van der Waals surface area contributed by atoms with Gasteiger partial charge in [0.2, 0.25) is 5.78 Å². The van der Waals surface area contributed by atoms with Crippen LogP contribution in [0.25, 0.3) is 10.9 Å². The maximum absolute atomic E-state index is 15.1. The Kier molecular flexibility index (Phi) is 11.9. The van der Waals surface area contributed by atoms with E-state index in [1.165, 1.54) is 62.8 Å². The van der Waals surface area contributed by atoms with E-state index in [0.29, 0.717) is 11.3 Å². The van der Waals surface area contributed by atoms with Crippen LogP contribution in [0.2, 0.25) is 0 Å². The molecule has 1 saturated heterocycles. The molecule has 214 valence electrons. The van der Waals surface area contributed by atoms with Crippen LogP contribution < -0.4 is 5.32 Å². The van der Waals surface area contributed by atoms with Gasteiger partial charge in [0.15, 0.2) is 0 Å². The molecule has 40 heavy (non-hydrogen) atoms. The molecule has 3 aromatic rings. The molecule has 0 aliphatic carbocycles. The Morgan fingerprint density at radius 1 is 1.20 bits per heavy atom. The summed E-state index contributed by atoms with van der Waals surface area (Å²) >= 11 is 0. The van der Waals surface area contributed by atoms with Crippen molar-refractivity contribution >= 4 is 28.1 Å². The number of anilines is 1. The van der Waals surface area contributed by atoms with Gasteiger partial charge in [-0.25, -0.2) is 4.98 Å². The number of ether oxygens (including phenoxy) is 2. The second-order valence-electron chi connectivity index (χ2n) is 8.79. The highest BCUT2D eigenvalue weighted by Gasteiger charge is 2.41. The van der Waals surface area contributed by atoms with E-state index in [-0.39, 0.29) is 36.1 Å². The Balaban J connectivity index is 0.000000707. The summed E-state index contributed by atoms with van der Waals surface area (Å²) in [6, 6.07) is 10.7. The van der Waals surface area contributed by atoms with Crippen LogP contribution in [0.5, 0.6) is 0 Å². The first kappa shape index (κ1) is 32.0. The summed E-state index contributed by atoms with van der Waals surface area (Å²) in [6.45, 7) is 7.49. The molecule has 1 aliphatic rings. The first-order valence-electron chi connectivity index (χ1n) is 12.4. The molecule has 0 unspecified atom stereocenters. The van der Waals surface area contributed by atoms with E-state index in [1.807, 2.05) is 0 Å². The number of allylic oxidation sites excluding steroid dienone is 1. The Hall–Kier alpha value is -4.18. The van der Waals surface area contributed by atoms with E-state index in [0.717, 1.165) is 31.5 Å². The molecule has 1 aromatic heterocycles. The number of methoxy groups -OCH3 is 1. The number of halogens is 2. The standard InChI is InChI=1S/C24H21F2N3O4.C5H10O.CH4/c1-4-16(15(2)33-3)13-28-22-19-12-18(10-11-20(19)27-14-21(22)29(31)32)24(25,26)23(30)17-8-6-5-7-9-17;1-2-4-6-5-3-1;/h4-12,14H,1,13H2,2-3H3,(H,27,28);1-5H2;1H4/b16-15-;;. The van der Waals surface area contributed by atoms with Gasteiger partial charge in [0.05, 0.1) is 23.3 Å². The highest BCUT2D eigenvalue weighted by atomic mass is 19.3. The Bertz CT molecular complexity index is 1340. The summed E-state index contributed by atoms with van der Waals surface area (Å²) < 4.78 is 40.5. The van der Waals surface area contributed by atoms with Gasteiger partial charge in [-0.3, -0.25) is 14.9 Å². The lowest BCUT2D eigenvalue weighted by Crippen LogP contribution is -2.26. The second kappa shape index (κ2) is 14.8. The molecule has 1 fully saturated rings. The maximum Gasteiger partial charge on any atom is 0.334 e. The van der Waals surface area contributed by atoms with Crippen molar-refractivity contribution in [2.24, 2.45) is 0 Å². The number of nitrogens with zero attached hydrogens (tertiary/aromatic N) is 2. The number of carbonyl (C=O) groups is 1. The molecule has 1 N–H and O–H groups in total. The van der Waals surface area contributed by atoms with Crippen LogP contribution in [-0.4, -0.2) is 42.6 Å². The van der Waals surface area contributed by atoms with Crippen molar-refractivity contribution in [2.75, 3.05) is 32.2 Å². The monoisotopic (exact) mass is 555 g/mol. The van der Waals surface area contributed by atoms with Crippen molar-refractivity contribution in [1.29, 1.82) is 0 Å². The number of pyridine rings is 1. The van der Waals surface area contributed by atoms with Gasteiger partial charge in [-0.15, -0.1) is 0 Å². The van der Waals surface area contributed by atoms with Crippen molar-refractivity contribution in [3.8, 4) is 0 Å². The van der Waals surface area contributed by atoms with Crippen molar-refractivity contribution in [3.05, 3.63) is 100.0 Å². The molecule has 8 nitrogen and oxygen atoms in total. The fraction of sp³-hybridized carbons (Fsp3) is 0.333. The lowest BCUT2D eigenvalue weighted by Gasteiger charge is -2.17. The van der Waals surface area contributed by atoms with Crippen LogP contribution >= 0.6 is 0 Å². The number of aromatic nitrogens is 1. The zero-order chi connectivity index (χ0) is 28.4. The molecule has 0 radical (unpaired) electrons. The largest absolute Gasteiger partial charge is 0.501 e. The third-order valence-corrected chi connectivity index (χ3v) is 6.27. The Labute approximate surface area is 232 Å². The molecule has 0 atom stereocenters. The zero-order valence-corrected chi connectivity index (χ0v) is 21.9. The van der Waals surface area contributed by atoms with Crippen molar-refractivity contribution in [3.63, 3.8) is 0 Å². The molecule has 2 aromatic carbocycles. The van der Waals surface area contributed by atoms with E-state index in [9.17, 15) is 14.9 Å². The summed E-state index contributed by atoms with van der Waals surface area (Å²) in [6.07, 6.45) is 6.51. The van der Waals surface area contributed by atoms with Crippen LogP contribution in [0.1, 0.15) is 49.5 Å². The van der Waals surface area contributed by atoms with E-state index >= 15 is 8.78 Å². The smallest absolute Gasteiger partial charge is 0.334 e. The van der Waals surface area contributed by atoms with Gasteiger partial charge in [0.1, 0.15) is 11.9 Å². The van der Waals surface area contributed by atoms with E-state index in [2.05, 4.69) is 16.9 Å². The number of rotatable bonds is 9. The van der Waals surface area contributed by atoms with Gasteiger partial charge in [-0.2, -0.15) is 8.78 Å². The van der Waals surface area contributed by atoms with Crippen molar-refractivity contribution in [1.82, 2.24) is 4.98 Å². The number of nitrogens with one attached hydrogen (secondary N) is 1. The minimum Gasteiger partial charge on any atom is -0.501 e. The maximum atomic E-state index is 15.1. The Morgan fingerprint density at radius 2 is 1.88 bits per heavy atom. The summed E-state index contributed by atoms with van der Waals surface area (Å²) in [5.74, 6) is -4.68. The average molecular weight is 556 g/mol. The molecule has 0 amide bonds. The van der Waals surface area contributed by atoms with Gasteiger partial charge in [0.25, 0.3) is 0 Å². The fourth-order valence-corrected chi connectivity index (χ4v) is 3.95. The highest BCUT2D eigenvalue weighted by Crippen LogP contribution is 2.38. The zero-order valence-electron chi connectivity index (χ0n) is 21.9. The van der Waals surface area contributed by atoms with E-state index in [1.54, 1.807) is 13.0 Å². The van der Waals surface area contributed by atoms with Crippen LogP contribution in [0.15, 0.2) is 78.7 Å². The summed E-state index contributed by atoms with van der Waals surface area (Å²) in [7, 11) is 1.47. The van der Waals surface area contributed by atoms with Gasteiger partial charge >= 0.3 is 11.6 Å². The number of hydrogen-bond donors (Lipinski definition) is 1. The van der Waals surface area contributed by atoms with Crippen molar-refractivity contribution < 1.29 is 28.0 Å². The number of alkyl halides is 2. The van der Waals surface area contributed by atoms with Crippen LogP contribution in [0.3, 0.4) is 0 Å². The predicted molar refractivity (Wildman–Crippen MR) is 153 cm³/mol. The minimum absolute atomic E-state index is 0. The lowest BCUT2D eigenvalue weighted by atomic mass is 9.97. The number of ketones is 1. The quantitative estimate of drug-likeness (QED) is 0.0961. The molecular formula is C30H35F2N3O5. The Morgan fingerprint density at radius 3 is 2.40 bits per heavy atom. The highest BCUT2D eigenvalue weighted by molar-refractivity contribution is 6.03. The minimum atomic E-state index is -3.85. The normalized spacial score (nSPS) is 13.6. The molecule has 4 rings (SSSR count). The van der Waals surface area contributed by atoms with Gasteiger partial charge in [0, 0.05) is 41.8 Å². The molecule has 0 bridgehead atoms. The van der Waals surface area contributed by atoms with Gasteiger partial charge in [-0.05, 0) is 38.3 Å². The van der Waals surface area contributed by atoms with Gasteiger partial charge < -0.3 is 14.8 Å². The predicted octanol–water partition coefficient (Wildman–Crippen LogP) is 7.46. The summed E-state index contributed by atoms with van der Waals surface area (Å²) in [4.78, 5) is 27.5. The first-order valence-corrected chi connectivity index (χ1v) is 12.4. The molecular weight excluding hydrogens is 520 g/mol. The summed E-state index contributed by atoms with van der Waals surface area (Å²) in [5, 5.41) is 14.6. The molecule has 2 heterocycles. The van der Waals surface area contributed by atoms with Crippen LogP contribution in [-0.2, 0) is 15.4 Å². The number of Topliss-reactive ketones (excluding diaryl/α,β-unsaturated/α-hetero) is 1. The lowest BCUT2D eigenvalue weighted by molar-refractivity contribution is -0.384. The first-order chi connectivity index (χ1) is 18.7. The van der Waals surface area contributed by atoms with Crippen LogP contribution in [0, 0.1) is 10.1 Å². The van der Waals surface area contributed by atoms with E-state index < -0.39 is 27.9 Å². The summed E-state index contributed by atoms with van der Waals surface area (Å²) in [5.41, 5.74) is -0.260. The van der Waals surface area contributed by atoms with Crippen LogP contribution in [0.4, 0.5) is 20.2 Å². The number of carbonyl (C=O) groups excluding carboxylic acids is 1. The number of benzene rings is 2.